The van der Waals surface area contributed by atoms with Crippen molar-refractivity contribution in [3.05, 3.63) is 135 Å². The average molecular weight is 745 g/mol. The van der Waals surface area contributed by atoms with Gasteiger partial charge in [-0.05, 0) is 66.5 Å². The van der Waals surface area contributed by atoms with E-state index in [1.54, 1.807) is 18.4 Å². The maximum Gasteiger partial charge on any atom is 0.417 e. The molecular weight excluding hydrogens is 704 g/mol. The summed E-state index contributed by atoms with van der Waals surface area (Å²) in [5, 5.41) is 2.35. The van der Waals surface area contributed by atoms with Crippen LogP contribution in [0.1, 0.15) is 67.2 Å². The highest BCUT2D eigenvalue weighted by Gasteiger charge is 2.34. The molecule has 51 heavy (non-hydrogen) atoms. The van der Waals surface area contributed by atoms with Gasteiger partial charge < -0.3 is 9.47 Å². The van der Waals surface area contributed by atoms with Gasteiger partial charge >= 0.3 is 12.1 Å². The van der Waals surface area contributed by atoms with Crippen molar-refractivity contribution in [1.29, 1.82) is 0 Å². The highest BCUT2D eigenvalue weighted by atomic mass is 35.5. The second-order valence-corrected chi connectivity index (χ2v) is 13.5. The van der Waals surface area contributed by atoms with E-state index < -0.39 is 23.5 Å². The van der Waals surface area contributed by atoms with Crippen LogP contribution in [-0.4, -0.2) is 36.3 Å². The lowest BCUT2D eigenvalue weighted by Crippen LogP contribution is -2.37. The molecule has 0 aromatic heterocycles. The number of benzene rings is 3. The number of nitrogens with zero attached hydrogens (tertiary/aromatic N) is 2. The lowest BCUT2D eigenvalue weighted by Gasteiger charge is -2.34. The molecule has 0 bridgehead atoms. The largest absolute Gasteiger partial charge is 0.493 e. The van der Waals surface area contributed by atoms with Crippen LogP contribution in [0.3, 0.4) is 0 Å². The summed E-state index contributed by atoms with van der Waals surface area (Å²) in [7, 11) is 0. The van der Waals surface area contributed by atoms with Crippen LogP contribution in [0.2, 0.25) is 5.02 Å². The number of carbonyl (C=O) groups is 1. The van der Waals surface area contributed by atoms with Gasteiger partial charge in [0.1, 0.15) is 18.2 Å². The number of halogens is 5. The molecule has 0 radical (unpaired) electrons. The standard InChI is InChI=1S/C39H41ClF4N2O4S/c1-26(45-48)17-18-37(47)50-25-33-35(41)21-31(22-36(33)51-3)49-20-19-27(2)46(23-30-15-10-16-34(38(30)40)39(42,43)44)24-32(28-11-6-4-7-12-28)29-13-8-5-9-14-29/h4,6-8,10-16,21-22,27,32H,1,5,9,17-20,23-25H2,2-3H3/t27-,32?/m1/s1. The van der Waals surface area contributed by atoms with Crippen LogP contribution in [0.25, 0.3) is 0 Å². The minimum atomic E-state index is -4.59. The molecule has 1 aliphatic rings. The lowest BCUT2D eigenvalue weighted by molar-refractivity contribution is -0.145. The number of nitroso groups, excluding NO2 is 1. The van der Waals surface area contributed by atoms with Crippen LogP contribution in [0.15, 0.2) is 107 Å². The molecule has 3 aromatic rings. The third-order valence-corrected chi connectivity index (χ3v) is 9.95. The number of alkyl halides is 3. The molecule has 0 saturated carbocycles. The first-order valence-electron chi connectivity index (χ1n) is 16.6. The van der Waals surface area contributed by atoms with E-state index >= 15 is 4.39 Å². The van der Waals surface area contributed by atoms with Crippen LogP contribution in [0, 0.1) is 10.7 Å². The topological polar surface area (TPSA) is 68.2 Å². The van der Waals surface area contributed by atoms with Gasteiger partial charge in [0.25, 0.3) is 0 Å². The number of rotatable bonds is 18. The summed E-state index contributed by atoms with van der Waals surface area (Å²) in [6.45, 7) is 5.99. The van der Waals surface area contributed by atoms with E-state index in [-0.39, 0.29) is 60.8 Å². The predicted molar refractivity (Wildman–Crippen MR) is 194 cm³/mol. The Bertz CT molecular complexity index is 1730. The van der Waals surface area contributed by atoms with Gasteiger partial charge in [-0.2, -0.15) is 13.2 Å². The Hall–Kier alpha value is -3.93. The van der Waals surface area contributed by atoms with E-state index in [1.807, 2.05) is 25.1 Å². The number of esters is 1. The minimum absolute atomic E-state index is 0.0242. The Morgan fingerprint density at radius 2 is 1.86 bits per heavy atom. The van der Waals surface area contributed by atoms with Gasteiger partial charge in [-0.15, -0.1) is 16.7 Å². The van der Waals surface area contributed by atoms with Gasteiger partial charge in [0.05, 0.1) is 29.3 Å². The molecule has 0 heterocycles. The molecule has 0 amide bonds. The van der Waals surface area contributed by atoms with Crippen molar-refractivity contribution in [3.8, 4) is 5.75 Å². The maximum atomic E-state index is 15.2. The van der Waals surface area contributed by atoms with Gasteiger partial charge in [0.2, 0.25) is 0 Å². The van der Waals surface area contributed by atoms with Gasteiger partial charge in [-0.3, -0.25) is 9.69 Å². The monoisotopic (exact) mass is 744 g/mol. The molecule has 3 aromatic carbocycles. The Labute approximate surface area is 305 Å². The number of allylic oxidation sites excluding steroid dienone is 4. The van der Waals surface area contributed by atoms with E-state index in [0.29, 0.717) is 29.2 Å². The average Bonchev–Trinajstić information content (AvgIpc) is 3.12. The van der Waals surface area contributed by atoms with Crippen LogP contribution in [0.5, 0.6) is 5.75 Å². The second-order valence-electron chi connectivity index (χ2n) is 12.2. The first kappa shape index (κ1) is 39.8. The van der Waals surface area contributed by atoms with Crippen molar-refractivity contribution in [3.63, 3.8) is 0 Å². The summed E-state index contributed by atoms with van der Waals surface area (Å²) in [6.07, 6.45) is 5.93. The number of thioether (sulfide) groups is 1. The summed E-state index contributed by atoms with van der Waals surface area (Å²) in [5.41, 5.74) is 1.95. The SMILES string of the molecule is C=C(CCC(=O)OCc1c(F)cc(OCC[C@@H](C)N(Cc2cccc(C(F)(F)F)c2Cl)CC(C2=CCCC=C2)c2ccccc2)cc1SC)N=O. The first-order valence-corrected chi connectivity index (χ1v) is 18.2. The summed E-state index contributed by atoms with van der Waals surface area (Å²) >= 11 is 7.65. The van der Waals surface area contributed by atoms with Crippen molar-refractivity contribution in [1.82, 2.24) is 4.90 Å². The minimum Gasteiger partial charge on any atom is -0.493 e. The number of hydrogen-bond donors (Lipinski definition) is 0. The van der Waals surface area contributed by atoms with Crippen molar-refractivity contribution in [2.24, 2.45) is 5.18 Å². The number of ether oxygens (including phenoxy) is 2. The third kappa shape index (κ3) is 11.5. The van der Waals surface area contributed by atoms with Crippen LogP contribution < -0.4 is 4.74 Å². The molecule has 0 spiro atoms. The Morgan fingerprint density at radius 3 is 2.53 bits per heavy atom. The van der Waals surface area contributed by atoms with E-state index in [1.165, 1.54) is 23.9 Å². The van der Waals surface area contributed by atoms with E-state index in [0.717, 1.165) is 30.0 Å². The van der Waals surface area contributed by atoms with E-state index in [9.17, 15) is 22.9 Å². The molecule has 1 unspecified atom stereocenters. The molecule has 272 valence electrons. The van der Waals surface area contributed by atoms with Crippen LogP contribution in [0.4, 0.5) is 17.6 Å². The normalized spacial score (nSPS) is 14.2. The fourth-order valence-corrected chi connectivity index (χ4v) is 6.72. The molecule has 0 N–H and O–H groups in total. The lowest BCUT2D eigenvalue weighted by atomic mass is 9.87. The van der Waals surface area contributed by atoms with Crippen molar-refractivity contribution < 1.29 is 31.8 Å². The molecule has 0 aliphatic heterocycles. The molecule has 0 fully saturated rings. The second kappa shape index (κ2) is 19.1. The van der Waals surface area contributed by atoms with Gasteiger partial charge in [0.15, 0.2) is 0 Å². The summed E-state index contributed by atoms with van der Waals surface area (Å²) in [6, 6.07) is 16.7. The molecule has 4 rings (SSSR count). The van der Waals surface area contributed by atoms with Crippen molar-refractivity contribution in [2.45, 2.75) is 75.2 Å². The zero-order valence-corrected chi connectivity index (χ0v) is 30.1. The first-order chi connectivity index (χ1) is 24.4. The highest BCUT2D eigenvalue weighted by molar-refractivity contribution is 7.98. The fourth-order valence-electron chi connectivity index (χ4n) is 5.80. The van der Waals surface area contributed by atoms with Gasteiger partial charge in [0, 0.05) is 48.0 Å². The maximum absolute atomic E-state index is 15.2. The Kier molecular flexibility index (Phi) is 14.9. The Morgan fingerprint density at radius 1 is 1.10 bits per heavy atom. The van der Waals surface area contributed by atoms with Gasteiger partial charge in [-0.1, -0.05) is 78.9 Å². The van der Waals surface area contributed by atoms with Gasteiger partial charge in [-0.25, -0.2) is 4.39 Å². The van der Waals surface area contributed by atoms with Crippen LogP contribution in [-0.2, 0) is 28.9 Å². The quantitative estimate of drug-likeness (QED) is 0.0559. The smallest absolute Gasteiger partial charge is 0.417 e. The molecule has 0 saturated heterocycles. The van der Waals surface area contributed by atoms with Crippen LogP contribution >= 0.6 is 23.4 Å². The van der Waals surface area contributed by atoms with Crippen molar-refractivity contribution in [2.75, 3.05) is 19.4 Å². The number of hydrogen-bond acceptors (Lipinski definition) is 7. The molecule has 6 nitrogen and oxygen atoms in total. The summed E-state index contributed by atoms with van der Waals surface area (Å²) < 4.78 is 67.8. The zero-order valence-electron chi connectivity index (χ0n) is 28.6. The zero-order chi connectivity index (χ0) is 37.0. The molecular formula is C39H41ClF4N2O4S. The highest BCUT2D eigenvalue weighted by Crippen LogP contribution is 2.38. The van der Waals surface area contributed by atoms with E-state index in [4.69, 9.17) is 21.1 Å². The third-order valence-electron chi connectivity index (χ3n) is 8.70. The predicted octanol–water partition coefficient (Wildman–Crippen LogP) is 11.0. The van der Waals surface area contributed by atoms with Crippen molar-refractivity contribution >= 4 is 29.3 Å². The Balaban J connectivity index is 1.52. The fraction of sp³-hybridized carbons (Fsp3) is 0.359. The number of carbonyl (C=O) groups excluding carboxylic acids is 1. The summed E-state index contributed by atoms with van der Waals surface area (Å²) in [5.74, 6) is -0.963. The molecule has 12 heteroatoms. The molecule has 2 atom stereocenters. The molecule has 1 aliphatic carbocycles. The summed E-state index contributed by atoms with van der Waals surface area (Å²) in [4.78, 5) is 25.2. The van der Waals surface area contributed by atoms with E-state index in [2.05, 4.69) is 47.0 Å².